The number of imidazole rings is 2. The largest absolute Gasteiger partial charge is 0.457 e. The van der Waals surface area contributed by atoms with Gasteiger partial charge in [0.2, 0.25) is 11.8 Å². The number of hydrogen-bond donors (Lipinski definition) is 4. The molecule has 0 bridgehead atoms. The lowest BCUT2D eigenvalue weighted by atomic mass is 9.82. The van der Waals surface area contributed by atoms with E-state index in [2.05, 4.69) is 70.0 Å². The number of methoxy groups -OCH3 is 2. The summed E-state index contributed by atoms with van der Waals surface area (Å²) in [5.74, 6) is 2.68. The number of carbonyl (C=O) groups is 4. The van der Waals surface area contributed by atoms with Crippen molar-refractivity contribution in [1.29, 1.82) is 0 Å². The smallest absolute Gasteiger partial charge is 0.407 e. The average Bonchev–Trinajstić information content (AvgIpc) is 4.18. The highest BCUT2D eigenvalue weighted by molar-refractivity contribution is 5.93. The van der Waals surface area contributed by atoms with Gasteiger partial charge in [0.1, 0.15) is 35.2 Å². The van der Waals surface area contributed by atoms with Crippen LogP contribution in [0.2, 0.25) is 0 Å². The maximum Gasteiger partial charge on any atom is 0.407 e. The summed E-state index contributed by atoms with van der Waals surface area (Å²) >= 11 is 0. The third kappa shape index (κ3) is 9.63. The molecular formula is C51H62N8O9. The van der Waals surface area contributed by atoms with E-state index in [1.54, 1.807) is 11.1 Å². The average molecular weight is 931 g/mol. The molecule has 3 aromatic carbocycles. The third-order valence-electron chi connectivity index (χ3n) is 14.2. The minimum Gasteiger partial charge on any atom is -0.457 e. The molecule has 4 aliphatic heterocycles. The Kier molecular flexibility index (Phi) is 14.3. The molecule has 4 aliphatic rings. The van der Waals surface area contributed by atoms with Crippen molar-refractivity contribution in [2.45, 2.75) is 95.8 Å². The van der Waals surface area contributed by atoms with Gasteiger partial charge >= 0.3 is 12.2 Å². The lowest BCUT2D eigenvalue weighted by Crippen LogP contribution is -2.53. The van der Waals surface area contributed by atoms with Crippen LogP contribution in [0.25, 0.3) is 33.3 Å². The van der Waals surface area contributed by atoms with Crippen molar-refractivity contribution in [3.8, 4) is 34.0 Å². The monoisotopic (exact) mass is 930 g/mol. The van der Waals surface area contributed by atoms with Crippen LogP contribution in [0.5, 0.6) is 11.5 Å². The quantitative estimate of drug-likeness (QED) is 0.0841. The van der Waals surface area contributed by atoms with E-state index in [4.69, 9.17) is 33.7 Å². The van der Waals surface area contributed by atoms with Gasteiger partial charge in [0.25, 0.3) is 0 Å². The molecule has 17 nitrogen and oxygen atoms in total. The number of fused-ring (bicyclic) bond motifs is 4. The first-order valence-electron chi connectivity index (χ1n) is 24.1. The predicted octanol–water partition coefficient (Wildman–Crippen LogP) is 7.97. The van der Waals surface area contributed by atoms with E-state index in [-0.39, 0.29) is 42.2 Å². The molecule has 17 heteroatoms. The Hall–Kier alpha value is -6.46. The number of likely N-dealkylation sites (tertiary alicyclic amines) is 1. The molecule has 4 amide bonds. The van der Waals surface area contributed by atoms with Crippen molar-refractivity contribution >= 4 is 34.8 Å². The Labute approximate surface area is 396 Å². The van der Waals surface area contributed by atoms with E-state index in [9.17, 15) is 19.2 Å². The van der Waals surface area contributed by atoms with Gasteiger partial charge in [0, 0.05) is 67.7 Å². The van der Waals surface area contributed by atoms with Crippen LogP contribution in [-0.4, -0.2) is 120 Å². The van der Waals surface area contributed by atoms with Crippen molar-refractivity contribution in [2.75, 3.05) is 53.7 Å². The summed E-state index contributed by atoms with van der Waals surface area (Å²) in [4.78, 5) is 73.0. The molecule has 4 atom stereocenters. The number of rotatable bonds is 14. The van der Waals surface area contributed by atoms with Gasteiger partial charge in [-0.25, -0.2) is 19.6 Å². The molecule has 0 spiro atoms. The van der Waals surface area contributed by atoms with E-state index < -0.39 is 24.3 Å². The Morgan fingerprint density at radius 3 is 2.16 bits per heavy atom. The molecule has 0 radical (unpaired) electrons. The van der Waals surface area contributed by atoms with Crippen molar-refractivity contribution < 1.29 is 42.9 Å². The molecule has 2 unspecified atom stereocenters. The maximum absolute atomic E-state index is 14.1. The second-order valence-corrected chi connectivity index (χ2v) is 18.2. The van der Waals surface area contributed by atoms with E-state index in [0.717, 1.165) is 81.6 Å². The molecule has 3 fully saturated rings. The van der Waals surface area contributed by atoms with Crippen LogP contribution < -0.4 is 15.4 Å². The first kappa shape index (κ1) is 46.6. The lowest BCUT2D eigenvalue weighted by Gasteiger charge is -2.34. The van der Waals surface area contributed by atoms with E-state index in [1.807, 2.05) is 24.1 Å². The lowest BCUT2D eigenvalue weighted by molar-refractivity contribution is -0.137. The number of alkyl carbamates (subject to hydrolysis) is 2. The highest BCUT2D eigenvalue weighted by Crippen LogP contribution is 2.50. The molecular weight excluding hydrogens is 869 g/mol. The Balaban J connectivity index is 0.908. The second kappa shape index (κ2) is 20.8. The topological polar surface area (TPSA) is 202 Å². The second-order valence-electron chi connectivity index (χ2n) is 18.2. The summed E-state index contributed by atoms with van der Waals surface area (Å²) in [7, 11) is 2.61. The molecule has 5 aromatic rings. The molecule has 360 valence electrons. The van der Waals surface area contributed by atoms with Gasteiger partial charge in [-0.1, -0.05) is 44.2 Å². The number of benzene rings is 3. The number of aromatic nitrogens is 4. The zero-order valence-corrected chi connectivity index (χ0v) is 39.3. The van der Waals surface area contributed by atoms with Crippen molar-refractivity contribution in [1.82, 2.24) is 40.4 Å². The summed E-state index contributed by atoms with van der Waals surface area (Å²) in [5.41, 5.74) is 5.80. The summed E-state index contributed by atoms with van der Waals surface area (Å²) < 4.78 is 27.6. The highest BCUT2D eigenvalue weighted by Gasteiger charge is 2.41. The molecule has 68 heavy (non-hydrogen) atoms. The summed E-state index contributed by atoms with van der Waals surface area (Å²) in [5, 5.41) is 7.81. The van der Waals surface area contributed by atoms with Crippen LogP contribution in [0.15, 0.2) is 60.9 Å². The summed E-state index contributed by atoms with van der Waals surface area (Å²) in [6.45, 7) is 7.76. The van der Waals surface area contributed by atoms with Crippen molar-refractivity contribution in [3.05, 3.63) is 83.7 Å². The number of nitrogens with one attached hydrogen (secondary N) is 4. The first-order valence-corrected chi connectivity index (χ1v) is 24.1. The fourth-order valence-electron chi connectivity index (χ4n) is 10.6. The number of nitrogens with zero attached hydrogens (tertiary/aromatic N) is 4. The molecule has 0 saturated carbocycles. The normalized spacial score (nSPS) is 19.3. The number of aromatic amines is 2. The number of ether oxygens (including phenoxy) is 5. The number of hydrogen-bond acceptors (Lipinski definition) is 11. The van der Waals surface area contributed by atoms with Crippen LogP contribution >= 0.6 is 0 Å². The van der Waals surface area contributed by atoms with Crippen LogP contribution in [0.3, 0.4) is 0 Å². The SMILES string of the molecule is CCCN(Cc1ncc(-c2ccc3c4c(ccc3c2)Oc2cc(-c3cnc([C@@H]5CCCN5C(=O)C(NC(=O)OC)C5CCOCC5)[nH]3)ccc2C4CC)[nH]1)C(=O)[C@@H](NC(=O)OC)C1CCOCC1. The van der Waals surface area contributed by atoms with E-state index in [1.165, 1.54) is 14.2 Å². The highest BCUT2D eigenvalue weighted by atomic mass is 16.5. The predicted molar refractivity (Wildman–Crippen MR) is 253 cm³/mol. The molecule has 9 rings (SSSR count). The van der Waals surface area contributed by atoms with Gasteiger partial charge in [-0.2, -0.15) is 0 Å². The van der Waals surface area contributed by atoms with Gasteiger partial charge in [-0.15, -0.1) is 0 Å². The molecule has 4 N–H and O–H groups in total. The van der Waals surface area contributed by atoms with Crippen LogP contribution in [0.1, 0.15) is 99.9 Å². The van der Waals surface area contributed by atoms with Crippen molar-refractivity contribution in [2.24, 2.45) is 11.8 Å². The number of H-pyrrole nitrogens is 2. The molecule has 6 heterocycles. The van der Waals surface area contributed by atoms with Crippen LogP contribution in [0, 0.1) is 11.8 Å². The fraction of sp³-hybridized carbons (Fsp3) is 0.490. The van der Waals surface area contributed by atoms with Crippen LogP contribution in [-0.2, 0) is 35.1 Å². The molecule has 2 aromatic heterocycles. The third-order valence-corrected chi connectivity index (χ3v) is 14.2. The standard InChI is InChI=1S/C51H62N8O9/c1-5-19-58(48(60)45(56-50(62)64-3)30-15-21-66-22-16-30)29-43-52-27-38(54-43)33-9-12-36-32(25-33)11-14-41-44(36)35(6-2)37-13-10-34(26-42(37)68-41)39-28-53-47(55-39)40-8-7-20-59(40)49(61)46(57-51(63)65-4)31-17-23-67-24-18-31/h9-14,25-28,30-31,35,40,45-46H,5-8,15-24,29H2,1-4H3,(H,52,54)(H,53,55)(H,56,62)(H,57,63)/t35?,40-,45-,46?/m0/s1. The van der Waals surface area contributed by atoms with Gasteiger partial charge in [-0.05, 0) is 92.2 Å². The maximum atomic E-state index is 14.1. The minimum atomic E-state index is -0.719. The zero-order chi connectivity index (χ0) is 47.3. The van der Waals surface area contributed by atoms with Gasteiger partial charge in [-0.3, -0.25) is 9.59 Å². The number of carbonyl (C=O) groups excluding carboxylic acids is 4. The summed E-state index contributed by atoms with van der Waals surface area (Å²) in [6, 6.07) is 15.2. The Bertz CT molecular complexity index is 2620. The van der Waals surface area contributed by atoms with Gasteiger partial charge < -0.3 is 54.1 Å². The first-order chi connectivity index (χ1) is 33.2. The molecule has 3 saturated heterocycles. The van der Waals surface area contributed by atoms with Gasteiger partial charge in [0.05, 0.1) is 50.6 Å². The van der Waals surface area contributed by atoms with Crippen LogP contribution in [0.4, 0.5) is 9.59 Å². The summed E-state index contributed by atoms with van der Waals surface area (Å²) in [6.07, 6.45) is 8.29. The fourth-order valence-corrected chi connectivity index (χ4v) is 10.6. The molecule has 0 aliphatic carbocycles. The van der Waals surface area contributed by atoms with Gasteiger partial charge in [0.15, 0.2) is 0 Å². The van der Waals surface area contributed by atoms with E-state index >= 15 is 0 Å². The Morgan fingerprint density at radius 2 is 1.46 bits per heavy atom. The number of amides is 4. The minimum absolute atomic E-state index is 0.0435. The Morgan fingerprint density at radius 1 is 0.794 bits per heavy atom. The van der Waals surface area contributed by atoms with E-state index in [0.29, 0.717) is 76.8 Å². The zero-order valence-electron chi connectivity index (χ0n) is 39.3. The van der Waals surface area contributed by atoms with Crippen molar-refractivity contribution in [3.63, 3.8) is 0 Å².